The summed E-state index contributed by atoms with van der Waals surface area (Å²) in [6, 6.07) is 0.446. The van der Waals surface area contributed by atoms with Crippen molar-refractivity contribution >= 4 is 15.9 Å². The fraction of sp³-hybridized carbons (Fsp3) is 0.769. The molecule has 1 atom stereocenters. The van der Waals surface area contributed by atoms with E-state index < -0.39 is 0 Å². The molecular formula is C13H24BrN3O. The van der Waals surface area contributed by atoms with Gasteiger partial charge in [-0.1, -0.05) is 6.92 Å². The number of ether oxygens (including phenoxy) is 1. The Morgan fingerprint density at radius 2 is 2.17 bits per heavy atom. The number of hydrogen-bond donors (Lipinski definition) is 1. The molecule has 0 spiro atoms. The van der Waals surface area contributed by atoms with Gasteiger partial charge in [0.25, 0.3) is 0 Å². The Balaban J connectivity index is 2.63. The topological polar surface area (TPSA) is 39.1 Å². The maximum atomic E-state index is 5.09. The van der Waals surface area contributed by atoms with Crippen LogP contribution in [-0.4, -0.2) is 29.5 Å². The molecule has 1 rings (SSSR count). The lowest BCUT2D eigenvalue weighted by atomic mass is 10.2. The summed E-state index contributed by atoms with van der Waals surface area (Å²) in [5.74, 6) is 0. The van der Waals surface area contributed by atoms with Crippen molar-refractivity contribution in [3.8, 4) is 0 Å². The van der Waals surface area contributed by atoms with E-state index in [-0.39, 0.29) is 0 Å². The van der Waals surface area contributed by atoms with Gasteiger partial charge in [0.2, 0.25) is 0 Å². The second-order valence-corrected chi connectivity index (χ2v) is 5.23. The maximum absolute atomic E-state index is 5.09. The second-order valence-electron chi connectivity index (χ2n) is 4.44. The first-order valence-electron chi connectivity index (χ1n) is 6.60. The highest BCUT2D eigenvalue weighted by molar-refractivity contribution is 9.10. The molecular weight excluding hydrogens is 294 g/mol. The molecule has 0 aliphatic carbocycles. The molecule has 0 aliphatic rings. The Bertz CT molecular complexity index is 365. The molecule has 0 radical (unpaired) electrons. The number of nitrogens with one attached hydrogen (secondary N) is 1. The van der Waals surface area contributed by atoms with Crippen molar-refractivity contribution in [1.29, 1.82) is 0 Å². The molecule has 0 bridgehead atoms. The summed E-state index contributed by atoms with van der Waals surface area (Å²) >= 11 is 3.66. The summed E-state index contributed by atoms with van der Waals surface area (Å²) in [4.78, 5) is 0. The summed E-state index contributed by atoms with van der Waals surface area (Å²) in [6.07, 6.45) is 1.98. The third kappa shape index (κ3) is 4.07. The third-order valence-electron chi connectivity index (χ3n) is 3.07. The van der Waals surface area contributed by atoms with Crippen LogP contribution in [0, 0.1) is 0 Å². The van der Waals surface area contributed by atoms with Gasteiger partial charge < -0.3 is 10.1 Å². The number of aromatic nitrogens is 2. The quantitative estimate of drug-likeness (QED) is 0.801. The third-order valence-corrected chi connectivity index (χ3v) is 3.98. The van der Waals surface area contributed by atoms with E-state index in [9.17, 15) is 0 Å². The molecule has 104 valence electrons. The highest BCUT2D eigenvalue weighted by Gasteiger charge is 2.14. The van der Waals surface area contributed by atoms with Crippen LogP contribution >= 0.6 is 15.9 Å². The Morgan fingerprint density at radius 3 is 2.72 bits per heavy atom. The molecule has 0 amide bonds. The van der Waals surface area contributed by atoms with Crippen LogP contribution in [0.15, 0.2) is 4.47 Å². The summed E-state index contributed by atoms with van der Waals surface area (Å²) in [5.41, 5.74) is 2.37. The van der Waals surface area contributed by atoms with E-state index in [0.717, 1.165) is 42.7 Å². The van der Waals surface area contributed by atoms with E-state index in [4.69, 9.17) is 4.74 Å². The largest absolute Gasteiger partial charge is 0.385 e. The average Bonchev–Trinajstić information content (AvgIpc) is 2.69. The fourth-order valence-corrected chi connectivity index (χ4v) is 2.56. The van der Waals surface area contributed by atoms with Crippen LogP contribution in [-0.2, 0) is 24.2 Å². The van der Waals surface area contributed by atoms with Crippen molar-refractivity contribution in [3.05, 3.63) is 15.9 Å². The smallest absolute Gasteiger partial charge is 0.0767 e. The summed E-state index contributed by atoms with van der Waals surface area (Å²) in [5, 5.41) is 8.11. The van der Waals surface area contributed by atoms with E-state index in [0.29, 0.717) is 6.04 Å². The van der Waals surface area contributed by atoms with Gasteiger partial charge in [0.15, 0.2) is 0 Å². The molecule has 0 saturated heterocycles. The number of hydrogen-bond acceptors (Lipinski definition) is 3. The van der Waals surface area contributed by atoms with Gasteiger partial charge in [0.05, 0.1) is 15.9 Å². The summed E-state index contributed by atoms with van der Waals surface area (Å²) < 4.78 is 8.31. The van der Waals surface area contributed by atoms with Gasteiger partial charge in [-0.2, -0.15) is 5.10 Å². The molecule has 1 heterocycles. The zero-order valence-corrected chi connectivity index (χ0v) is 13.4. The van der Waals surface area contributed by atoms with Crippen LogP contribution in [0.25, 0.3) is 0 Å². The molecule has 18 heavy (non-hydrogen) atoms. The van der Waals surface area contributed by atoms with E-state index in [1.807, 2.05) is 0 Å². The Morgan fingerprint density at radius 1 is 1.44 bits per heavy atom. The first kappa shape index (κ1) is 15.7. The minimum Gasteiger partial charge on any atom is -0.385 e. The first-order valence-corrected chi connectivity index (χ1v) is 7.39. The van der Waals surface area contributed by atoms with Crippen molar-refractivity contribution in [1.82, 2.24) is 15.1 Å². The molecule has 1 aromatic heterocycles. The highest BCUT2D eigenvalue weighted by Crippen LogP contribution is 2.22. The van der Waals surface area contributed by atoms with Gasteiger partial charge in [-0.05, 0) is 42.6 Å². The monoisotopic (exact) mass is 317 g/mol. The van der Waals surface area contributed by atoms with Crippen molar-refractivity contribution in [2.75, 3.05) is 13.7 Å². The molecule has 0 aliphatic heterocycles. The van der Waals surface area contributed by atoms with E-state index in [2.05, 4.69) is 51.8 Å². The lowest BCUT2D eigenvalue weighted by molar-refractivity contribution is 0.184. The summed E-state index contributed by atoms with van der Waals surface area (Å²) in [6.45, 7) is 8.97. The van der Waals surface area contributed by atoms with Crippen molar-refractivity contribution in [3.63, 3.8) is 0 Å². The van der Waals surface area contributed by atoms with Gasteiger partial charge >= 0.3 is 0 Å². The van der Waals surface area contributed by atoms with Crippen LogP contribution in [0.1, 0.15) is 38.6 Å². The van der Waals surface area contributed by atoms with E-state index in [1.165, 1.54) is 5.69 Å². The van der Waals surface area contributed by atoms with Crippen molar-refractivity contribution in [2.45, 2.75) is 52.7 Å². The van der Waals surface area contributed by atoms with Crippen LogP contribution in [0.3, 0.4) is 0 Å². The normalized spacial score (nSPS) is 12.9. The second kappa shape index (κ2) is 7.92. The molecule has 0 aromatic carbocycles. The molecule has 0 saturated carbocycles. The Hall–Kier alpha value is -0.390. The first-order chi connectivity index (χ1) is 8.63. The molecule has 1 aromatic rings. The molecule has 1 N–H and O–H groups in total. The molecule has 4 nitrogen and oxygen atoms in total. The number of nitrogens with zero attached hydrogens (tertiary/aromatic N) is 2. The zero-order chi connectivity index (χ0) is 13.5. The predicted octanol–water partition coefficient (Wildman–Crippen LogP) is 2.74. The lowest BCUT2D eigenvalue weighted by Gasteiger charge is -2.14. The summed E-state index contributed by atoms with van der Waals surface area (Å²) in [7, 11) is 1.74. The van der Waals surface area contributed by atoms with Gasteiger partial charge in [-0.15, -0.1) is 0 Å². The average molecular weight is 318 g/mol. The standard InChI is InChI=1S/C13H24BrN3O/c1-5-11-13(14)12(17(6-2)16-11)9-15-10(3)7-8-18-4/h10,15H,5-9H2,1-4H3. The van der Waals surface area contributed by atoms with Crippen LogP contribution < -0.4 is 5.32 Å². The van der Waals surface area contributed by atoms with Gasteiger partial charge in [0.1, 0.15) is 0 Å². The number of aryl methyl sites for hydroxylation is 2. The maximum Gasteiger partial charge on any atom is 0.0767 e. The number of methoxy groups -OCH3 is 1. The van der Waals surface area contributed by atoms with Gasteiger partial charge in [-0.3, -0.25) is 4.68 Å². The zero-order valence-electron chi connectivity index (χ0n) is 11.8. The Kier molecular flexibility index (Phi) is 6.89. The van der Waals surface area contributed by atoms with E-state index in [1.54, 1.807) is 7.11 Å². The minimum absolute atomic E-state index is 0.446. The molecule has 5 heteroatoms. The molecule has 0 fully saturated rings. The highest BCUT2D eigenvalue weighted by atomic mass is 79.9. The van der Waals surface area contributed by atoms with Gasteiger partial charge in [0, 0.05) is 32.8 Å². The number of rotatable bonds is 8. The van der Waals surface area contributed by atoms with Crippen molar-refractivity contribution < 1.29 is 4.74 Å². The van der Waals surface area contributed by atoms with Crippen LogP contribution in [0.4, 0.5) is 0 Å². The van der Waals surface area contributed by atoms with Crippen LogP contribution in [0.5, 0.6) is 0 Å². The predicted molar refractivity (Wildman–Crippen MR) is 77.8 cm³/mol. The van der Waals surface area contributed by atoms with Gasteiger partial charge in [-0.25, -0.2) is 0 Å². The SMILES string of the molecule is CCc1nn(CC)c(CNC(C)CCOC)c1Br. The minimum atomic E-state index is 0.446. The molecule has 1 unspecified atom stereocenters. The lowest BCUT2D eigenvalue weighted by Crippen LogP contribution is -2.28. The fourth-order valence-electron chi connectivity index (χ4n) is 1.85. The number of halogens is 1. The van der Waals surface area contributed by atoms with Crippen LogP contribution in [0.2, 0.25) is 0 Å². The van der Waals surface area contributed by atoms with Crippen molar-refractivity contribution in [2.24, 2.45) is 0 Å². The Labute approximate surface area is 118 Å². The van der Waals surface area contributed by atoms with E-state index >= 15 is 0 Å².